The molecule has 1 saturated carbocycles. The lowest BCUT2D eigenvalue weighted by molar-refractivity contribution is 0.00982. The van der Waals surface area contributed by atoms with Crippen molar-refractivity contribution < 1.29 is 14.3 Å². The predicted octanol–water partition coefficient (Wildman–Crippen LogP) is 5.17. The number of ether oxygens (including phenoxy) is 1. The molecule has 1 N–H and O–H groups in total. The van der Waals surface area contributed by atoms with Crippen molar-refractivity contribution in [3.05, 3.63) is 63.7 Å². The highest BCUT2D eigenvalue weighted by Crippen LogP contribution is 2.47. The van der Waals surface area contributed by atoms with Crippen LogP contribution in [0.25, 0.3) is 0 Å². The van der Waals surface area contributed by atoms with Gasteiger partial charge >= 0.3 is 5.63 Å². The van der Waals surface area contributed by atoms with Crippen LogP contribution in [0, 0.1) is 5.92 Å². The molecule has 1 aliphatic carbocycles. The zero-order chi connectivity index (χ0) is 19.3. The maximum absolute atomic E-state index is 12.7. The molecule has 0 spiro atoms. The first-order valence-electron chi connectivity index (χ1n) is 10.7. The van der Waals surface area contributed by atoms with Gasteiger partial charge in [-0.1, -0.05) is 36.8 Å². The van der Waals surface area contributed by atoms with Crippen LogP contribution in [0.5, 0.6) is 5.75 Å². The summed E-state index contributed by atoms with van der Waals surface area (Å²) < 4.78 is 11.4. The number of hydrogen-bond acceptors (Lipinski definition) is 4. The van der Waals surface area contributed by atoms with Crippen molar-refractivity contribution in [1.29, 1.82) is 0 Å². The Balaban J connectivity index is 1.42. The van der Waals surface area contributed by atoms with E-state index in [4.69, 9.17) is 9.15 Å². The summed E-state index contributed by atoms with van der Waals surface area (Å²) in [7, 11) is 0. The fourth-order valence-corrected chi connectivity index (χ4v) is 4.42. The average Bonchev–Trinajstić information content (AvgIpc) is 3.54. The van der Waals surface area contributed by atoms with E-state index in [9.17, 15) is 9.90 Å². The van der Waals surface area contributed by atoms with Crippen molar-refractivity contribution in [2.45, 2.75) is 69.8 Å². The molecular formula is C24H30O4. The van der Waals surface area contributed by atoms with Gasteiger partial charge < -0.3 is 14.3 Å². The molecule has 1 aromatic carbocycles. The van der Waals surface area contributed by atoms with Crippen molar-refractivity contribution in [2.75, 3.05) is 6.61 Å². The molecule has 28 heavy (non-hydrogen) atoms. The standard InChI is InChI=1S/C24H30O4/c25-21-16-20(12-5-4-10-19-11-6-7-15-27-19)28-24(26)23(21)22(18-13-14-18)17-8-2-1-3-9-17/h1-3,8-9,16,18-19,22,25H,4-7,10-15H2. The Morgan fingerprint density at radius 3 is 2.57 bits per heavy atom. The number of hydrogen-bond donors (Lipinski definition) is 1. The topological polar surface area (TPSA) is 59.7 Å². The van der Waals surface area contributed by atoms with Gasteiger partial charge in [-0.15, -0.1) is 0 Å². The Kier molecular flexibility index (Phi) is 6.16. The van der Waals surface area contributed by atoms with Gasteiger partial charge in [0, 0.05) is 25.0 Å². The van der Waals surface area contributed by atoms with E-state index < -0.39 is 0 Å². The minimum atomic E-state index is -0.383. The van der Waals surface area contributed by atoms with Crippen LogP contribution >= 0.6 is 0 Å². The highest BCUT2D eigenvalue weighted by atomic mass is 16.5. The summed E-state index contributed by atoms with van der Waals surface area (Å²) in [5.74, 6) is 1.01. The molecule has 1 saturated heterocycles. The molecule has 4 heteroatoms. The first-order chi connectivity index (χ1) is 13.7. The van der Waals surface area contributed by atoms with Gasteiger partial charge in [0.1, 0.15) is 11.5 Å². The molecule has 1 aromatic heterocycles. The lowest BCUT2D eigenvalue weighted by atomic mass is 9.87. The van der Waals surface area contributed by atoms with E-state index in [1.165, 1.54) is 12.8 Å². The molecule has 2 aromatic rings. The quantitative estimate of drug-likeness (QED) is 0.640. The zero-order valence-corrected chi connectivity index (χ0v) is 16.4. The van der Waals surface area contributed by atoms with E-state index in [1.54, 1.807) is 6.07 Å². The van der Waals surface area contributed by atoms with Crippen LogP contribution in [-0.2, 0) is 11.2 Å². The van der Waals surface area contributed by atoms with Crippen molar-refractivity contribution in [3.63, 3.8) is 0 Å². The molecule has 2 aliphatic rings. The van der Waals surface area contributed by atoms with Crippen molar-refractivity contribution >= 4 is 0 Å². The minimum Gasteiger partial charge on any atom is -0.507 e. The molecule has 2 atom stereocenters. The van der Waals surface area contributed by atoms with Gasteiger partial charge in [0.15, 0.2) is 0 Å². The Morgan fingerprint density at radius 1 is 1.07 bits per heavy atom. The third kappa shape index (κ3) is 4.67. The van der Waals surface area contributed by atoms with Crippen LogP contribution in [0.4, 0.5) is 0 Å². The lowest BCUT2D eigenvalue weighted by Crippen LogP contribution is -2.18. The summed E-state index contributed by atoms with van der Waals surface area (Å²) in [4.78, 5) is 12.7. The van der Waals surface area contributed by atoms with Crippen molar-refractivity contribution in [1.82, 2.24) is 0 Å². The largest absolute Gasteiger partial charge is 0.507 e. The first kappa shape index (κ1) is 19.3. The lowest BCUT2D eigenvalue weighted by Gasteiger charge is -2.22. The number of benzene rings is 1. The molecule has 0 amide bonds. The van der Waals surface area contributed by atoms with Gasteiger partial charge in [-0.2, -0.15) is 0 Å². The smallest absolute Gasteiger partial charge is 0.343 e. The average molecular weight is 383 g/mol. The van der Waals surface area contributed by atoms with Crippen molar-refractivity contribution in [2.24, 2.45) is 5.92 Å². The summed E-state index contributed by atoms with van der Waals surface area (Å²) in [5, 5.41) is 10.7. The van der Waals surface area contributed by atoms with Crippen molar-refractivity contribution in [3.8, 4) is 5.75 Å². The normalized spacial score (nSPS) is 20.8. The molecule has 4 nitrogen and oxygen atoms in total. The molecule has 0 radical (unpaired) electrons. The Morgan fingerprint density at radius 2 is 1.89 bits per heavy atom. The Hall–Kier alpha value is -2.07. The zero-order valence-electron chi connectivity index (χ0n) is 16.4. The second-order valence-electron chi connectivity index (χ2n) is 8.26. The molecule has 2 fully saturated rings. The molecule has 1 aliphatic heterocycles. The van der Waals surface area contributed by atoms with Crippen LogP contribution in [0.1, 0.15) is 74.2 Å². The maximum Gasteiger partial charge on any atom is 0.343 e. The van der Waals surface area contributed by atoms with Gasteiger partial charge in [0.05, 0.1) is 11.7 Å². The Labute approximate surface area is 166 Å². The summed E-state index contributed by atoms with van der Waals surface area (Å²) in [6, 6.07) is 11.7. The van der Waals surface area contributed by atoms with Crippen LogP contribution in [0.3, 0.4) is 0 Å². The first-order valence-corrected chi connectivity index (χ1v) is 10.7. The number of rotatable bonds is 8. The van der Waals surface area contributed by atoms with Gasteiger partial charge in [0.2, 0.25) is 0 Å². The van der Waals surface area contributed by atoms with Gasteiger partial charge in [-0.05, 0) is 56.4 Å². The molecule has 0 bridgehead atoms. The summed E-state index contributed by atoms with van der Waals surface area (Å²) in [6.07, 6.45) is 9.89. The number of unbranched alkanes of at least 4 members (excludes halogenated alkanes) is 1. The molecule has 2 heterocycles. The van der Waals surface area contributed by atoms with E-state index in [2.05, 4.69) is 0 Å². The molecule has 150 valence electrons. The molecule has 2 unspecified atom stereocenters. The van der Waals surface area contributed by atoms with E-state index >= 15 is 0 Å². The monoisotopic (exact) mass is 382 g/mol. The van der Waals surface area contributed by atoms with Gasteiger partial charge in [-0.25, -0.2) is 4.79 Å². The highest BCUT2D eigenvalue weighted by Gasteiger charge is 2.37. The molecular weight excluding hydrogens is 352 g/mol. The fraction of sp³-hybridized carbons (Fsp3) is 0.542. The highest BCUT2D eigenvalue weighted by molar-refractivity contribution is 5.41. The maximum atomic E-state index is 12.7. The predicted molar refractivity (Wildman–Crippen MR) is 109 cm³/mol. The summed E-state index contributed by atoms with van der Waals surface area (Å²) in [6.45, 7) is 0.887. The SMILES string of the molecule is O=c1oc(CCCCC2CCCCO2)cc(O)c1C(c1ccccc1)C1CC1. The van der Waals surface area contributed by atoms with Crippen LogP contribution in [0.15, 0.2) is 45.6 Å². The minimum absolute atomic E-state index is 0.0741. The van der Waals surface area contributed by atoms with Crippen LogP contribution in [0.2, 0.25) is 0 Å². The molecule has 4 rings (SSSR count). The van der Waals surface area contributed by atoms with Crippen LogP contribution < -0.4 is 5.63 Å². The van der Waals surface area contributed by atoms with Crippen LogP contribution in [-0.4, -0.2) is 17.8 Å². The number of aromatic hydroxyl groups is 1. The van der Waals surface area contributed by atoms with Gasteiger partial charge in [-0.3, -0.25) is 0 Å². The summed E-state index contributed by atoms with van der Waals surface area (Å²) >= 11 is 0. The van der Waals surface area contributed by atoms with Gasteiger partial charge in [0.25, 0.3) is 0 Å². The Bertz CT molecular complexity index is 816. The second-order valence-corrected chi connectivity index (χ2v) is 8.26. The van der Waals surface area contributed by atoms with E-state index in [-0.39, 0.29) is 17.3 Å². The third-order valence-corrected chi connectivity index (χ3v) is 6.05. The number of aryl methyl sites for hydroxylation is 1. The van der Waals surface area contributed by atoms with E-state index in [0.29, 0.717) is 29.8 Å². The summed E-state index contributed by atoms with van der Waals surface area (Å²) in [5.41, 5.74) is 1.12. The second kappa shape index (κ2) is 8.95. The van der Waals surface area contributed by atoms with E-state index in [0.717, 1.165) is 50.7 Å². The fourth-order valence-electron chi connectivity index (χ4n) is 4.42. The van der Waals surface area contributed by atoms with E-state index in [1.807, 2.05) is 30.3 Å². The third-order valence-electron chi connectivity index (χ3n) is 6.05.